The molecule has 0 bridgehead atoms. The molecule has 0 saturated carbocycles. The number of hydrogen-bond donors (Lipinski definition) is 2. The van der Waals surface area contributed by atoms with Crippen LogP contribution in [0.3, 0.4) is 0 Å². The molecule has 0 atom stereocenters. The monoisotopic (exact) mass is 434 g/mol. The van der Waals surface area contributed by atoms with Gasteiger partial charge in [-0.2, -0.15) is 5.10 Å². The standard InChI is InChI=1S/C18H19ClN6O3S/c1-10-9-11(2)21-18(20-10)24-29(27,28)14-7-5-13(6-8-14)22-17(26)16-15(19)12(3)25(4)23-16/h5-9H,1-4H3,(H,22,26)(H,20,21,24). The van der Waals surface area contributed by atoms with Crippen LogP contribution in [0.2, 0.25) is 5.02 Å². The second kappa shape index (κ2) is 7.80. The fourth-order valence-electron chi connectivity index (χ4n) is 2.59. The molecular weight excluding hydrogens is 416 g/mol. The summed E-state index contributed by atoms with van der Waals surface area (Å²) in [6, 6.07) is 7.42. The summed E-state index contributed by atoms with van der Waals surface area (Å²) in [7, 11) is -2.19. The molecular formula is C18H19ClN6O3S. The highest BCUT2D eigenvalue weighted by Crippen LogP contribution is 2.21. The molecule has 1 aromatic carbocycles. The molecule has 2 aromatic heterocycles. The van der Waals surface area contributed by atoms with Gasteiger partial charge in [0.2, 0.25) is 5.95 Å². The molecule has 152 valence electrons. The number of hydrogen-bond acceptors (Lipinski definition) is 6. The summed E-state index contributed by atoms with van der Waals surface area (Å²) in [5.74, 6) is -0.490. The molecule has 3 aromatic rings. The average molecular weight is 435 g/mol. The summed E-state index contributed by atoms with van der Waals surface area (Å²) in [6.07, 6.45) is 0. The van der Waals surface area contributed by atoms with E-state index in [1.165, 1.54) is 28.9 Å². The third-order valence-electron chi connectivity index (χ3n) is 4.11. The van der Waals surface area contributed by atoms with Crippen molar-refractivity contribution in [3.05, 3.63) is 58.1 Å². The molecule has 2 heterocycles. The van der Waals surface area contributed by atoms with Crippen molar-refractivity contribution in [3.63, 3.8) is 0 Å². The average Bonchev–Trinajstić information content (AvgIpc) is 2.88. The van der Waals surface area contributed by atoms with Crippen LogP contribution in [-0.2, 0) is 17.1 Å². The Bertz CT molecular complexity index is 1170. The summed E-state index contributed by atoms with van der Waals surface area (Å²) < 4.78 is 29.0. The number of anilines is 2. The number of halogens is 1. The van der Waals surface area contributed by atoms with Gasteiger partial charge in [0, 0.05) is 24.1 Å². The van der Waals surface area contributed by atoms with Crippen LogP contribution in [0.5, 0.6) is 0 Å². The maximum absolute atomic E-state index is 12.6. The summed E-state index contributed by atoms with van der Waals surface area (Å²) in [5, 5.41) is 6.99. The van der Waals surface area contributed by atoms with Crippen LogP contribution in [0.4, 0.5) is 11.6 Å². The van der Waals surface area contributed by atoms with Crippen molar-refractivity contribution >= 4 is 39.2 Å². The van der Waals surface area contributed by atoms with Crippen molar-refractivity contribution in [2.75, 3.05) is 10.0 Å². The van der Waals surface area contributed by atoms with E-state index in [1.807, 2.05) is 0 Å². The maximum atomic E-state index is 12.6. The molecule has 11 heteroatoms. The van der Waals surface area contributed by atoms with Gasteiger partial charge in [-0.3, -0.25) is 9.48 Å². The van der Waals surface area contributed by atoms with Crippen molar-refractivity contribution < 1.29 is 13.2 Å². The van der Waals surface area contributed by atoms with E-state index in [2.05, 4.69) is 25.1 Å². The lowest BCUT2D eigenvalue weighted by Gasteiger charge is -2.09. The summed E-state index contributed by atoms with van der Waals surface area (Å²) in [4.78, 5) is 20.5. The molecule has 0 aliphatic rings. The highest BCUT2D eigenvalue weighted by molar-refractivity contribution is 7.92. The Balaban J connectivity index is 1.76. The summed E-state index contributed by atoms with van der Waals surface area (Å²) >= 11 is 6.12. The lowest BCUT2D eigenvalue weighted by molar-refractivity contribution is 0.102. The Labute approximate surface area is 173 Å². The second-order valence-corrected chi connectivity index (χ2v) is 8.49. The first-order valence-corrected chi connectivity index (χ1v) is 10.4. The number of carbonyl (C=O) groups excluding carboxylic acids is 1. The van der Waals surface area contributed by atoms with Crippen molar-refractivity contribution in [1.29, 1.82) is 0 Å². The van der Waals surface area contributed by atoms with Crippen molar-refractivity contribution in [2.45, 2.75) is 25.7 Å². The van der Waals surface area contributed by atoms with Crippen LogP contribution >= 0.6 is 11.6 Å². The third-order valence-corrected chi connectivity index (χ3v) is 5.90. The minimum atomic E-state index is -3.88. The first-order valence-electron chi connectivity index (χ1n) is 8.52. The Morgan fingerprint density at radius 2 is 1.66 bits per heavy atom. The predicted molar refractivity (Wildman–Crippen MR) is 110 cm³/mol. The zero-order chi connectivity index (χ0) is 21.3. The summed E-state index contributed by atoms with van der Waals surface area (Å²) in [5.41, 5.74) is 2.46. The number of amides is 1. The molecule has 1 amide bonds. The molecule has 2 N–H and O–H groups in total. The molecule has 0 aliphatic heterocycles. The van der Waals surface area contributed by atoms with Gasteiger partial charge in [0.25, 0.3) is 15.9 Å². The van der Waals surface area contributed by atoms with Crippen LogP contribution in [0, 0.1) is 20.8 Å². The quantitative estimate of drug-likeness (QED) is 0.637. The van der Waals surface area contributed by atoms with E-state index < -0.39 is 15.9 Å². The largest absolute Gasteiger partial charge is 0.321 e. The fraction of sp³-hybridized carbons (Fsp3) is 0.222. The van der Waals surface area contributed by atoms with E-state index in [9.17, 15) is 13.2 Å². The number of nitrogens with zero attached hydrogens (tertiary/aromatic N) is 4. The second-order valence-electron chi connectivity index (χ2n) is 6.43. The van der Waals surface area contributed by atoms with E-state index >= 15 is 0 Å². The maximum Gasteiger partial charge on any atom is 0.277 e. The summed E-state index contributed by atoms with van der Waals surface area (Å²) in [6.45, 7) is 5.25. The zero-order valence-electron chi connectivity index (χ0n) is 16.2. The van der Waals surface area contributed by atoms with Gasteiger partial charge in [-0.15, -0.1) is 0 Å². The Morgan fingerprint density at radius 1 is 1.07 bits per heavy atom. The topological polar surface area (TPSA) is 119 Å². The van der Waals surface area contributed by atoms with Gasteiger partial charge in [0.15, 0.2) is 5.69 Å². The first kappa shape index (κ1) is 20.7. The molecule has 0 saturated heterocycles. The number of carbonyl (C=O) groups is 1. The third kappa shape index (κ3) is 4.54. The van der Waals surface area contributed by atoms with E-state index in [0.717, 1.165) is 0 Å². The number of nitrogens with one attached hydrogen (secondary N) is 2. The Morgan fingerprint density at radius 3 is 2.17 bits per heavy atom. The van der Waals surface area contributed by atoms with Gasteiger partial charge >= 0.3 is 0 Å². The lowest BCUT2D eigenvalue weighted by atomic mass is 10.3. The number of aryl methyl sites for hydroxylation is 3. The van der Waals surface area contributed by atoms with E-state index in [1.54, 1.807) is 33.9 Å². The van der Waals surface area contributed by atoms with E-state index in [4.69, 9.17) is 11.6 Å². The zero-order valence-corrected chi connectivity index (χ0v) is 17.8. The molecule has 0 aliphatic carbocycles. The van der Waals surface area contributed by atoms with Gasteiger partial charge in [-0.1, -0.05) is 11.6 Å². The smallest absolute Gasteiger partial charge is 0.277 e. The molecule has 0 spiro atoms. The number of benzene rings is 1. The van der Waals surface area contributed by atoms with Gasteiger partial charge in [0.05, 0.1) is 15.6 Å². The van der Waals surface area contributed by atoms with Gasteiger partial charge < -0.3 is 5.32 Å². The van der Waals surface area contributed by atoms with Crippen molar-refractivity contribution in [3.8, 4) is 0 Å². The Kier molecular flexibility index (Phi) is 5.58. The van der Waals surface area contributed by atoms with Crippen LogP contribution in [-0.4, -0.2) is 34.1 Å². The van der Waals surface area contributed by atoms with Crippen LogP contribution in [0.1, 0.15) is 27.6 Å². The van der Waals surface area contributed by atoms with Gasteiger partial charge in [-0.25, -0.2) is 23.1 Å². The SMILES string of the molecule is Cc1cc(C)nc(NS(=O)(=O)c2ccc(NC(=O)c3nn(C)c(C)c3Cl)cc2)n1. The molecule has 3 rings (SSSR count). The van der Waals surface area contributed by atoms with Crippen LogP contribution in [0.15, 0.2) is 35.2 Å². The van der Waals surface area contributed by atoms with Crippen LogP contribution < -0.4 is 10.0 Å². The minimum absolute atomic E-state index is 0.0000398. The van der Waals surface area contributed by atoms with E-state index in [0.29, 0.717) is 22.8 Å². The minimum Gasteiger partial charge on any atom is -0.321 e. The molecule has 9 nitrogen and oxygen atoms in total. The van der Waals surface area contributed by atoms with Gasteiger partial charge in [-0.05, 0) is 51.1 Å². The van der Waals surface area contributed by atoms with Crippen LogP contribution in [0.25, 0.3) is 0 Å². The highest BCUT2D eigenvalue weighted by atomic mass is 35.5. The Hall–Kier alpha value is -2.98. The molecule has 0 fully saturated rings. The first-order chi connectivity index (χ1) is 13.6. The predicted octanol–water partition coefficient (Wildman–Crippen LogP) is 2.84. The molecule has 29 heavy (non-hydrogen) atoms. The number of sulfonamides is 1. The molecule has 0 unspecified atom stereocenters. The van der Waals surface area contributed by atoms with Crippen molar-refractivity contribution in [2.24, 2.45) is 7.05 Å². The van der Waals surface area contributed by atoms with Gasteiger partial charge in [0.1, 0.15) is 0 Å². The normalized spacial score (nSPS) is 11.3. The lowest BCUT2D eigenvalue weighted by Crippen LogP contribution is -2.16. The van der Waals surface area contributed by atoms with Crippen molar-refractivity contribution in [1.82, 2.24) is 19.7 Å². The van der Waals surface area contributed by atoms with E-state index in [-0.39, 0.29) is 21.6 Å². The fourth-order valence-corrected chi connectivity index (χ4v) is 3.78. The number of rotatable bonds is 5. The number of aromatic nitrogens is 4. The molecule has 0 radical (unpaired) electrons. The highest BCUT2D eigenvalue weighted by Gasteiger charge is 2.19.